The van der Waals surface area contributed by atoms with Gasteiger partial charge in [-0.1, -0.05) is 0 Å². The SMILES string of the molecule is OC1CN(c2cc(N3CCNCC3)ncn2)C1. The lowest BCUT2D eigenvalue weighted by molar-refractivity contribution is 0.141. The van der Waals surface area contributed by atoms with Crippen molar-refractivity contribution in [2.24, 2.45) is 0 Å². The van der Waals surface area contributed by atoms with E-state index in [2.05, 4.69) is 25.1 Å². The molecule has 0 aromatic carbocycles. The van der Waals surface area contributed by atoms with Gasteiger partial charge < -0.3 is 20.2 Å². The Bertz CT molecular complexity index is 387. The topological polar surface area (TPSA) is 64.5 Å². The van der Waals surface area contributed by atoms with E-state index in [0.717, 1.165) is 37.8 Å². The van der Waals surface area contributed by atoms with Gasteiger partial charge in [0.1, 0.15) is 18.0 Å². The minimum Gasteiger partial charge on any atom is -0.389 e. The van der Waals surface area contributed by atoms with Crippen LogP contribution < -0.4 is 15.1 Å². The number of nitrogens with one attached hydrogen (secondary N) is 1. The van der Waals surface area contributed by atoms with E-state index >= 15 is 0 Å². The second kappa shape index (κ2) is 4.46. The van der Waals surface area contributed by atoms with Gasteiger partial charge in [0.25, 0.3) is 0 Å². The number of aliphatic hydroxyl groups is 1. The molecule has 0 spiro atoms. The number of aromatic nitrogens is 2. The lowest BCUT2D eigenvalue weighted by Crippen LogP contribution is -2.51. The quantitative estimate of drug-likeness (QED) is 0.690. The third-order valence-corrected chi connectivity index (χ3v) is 3.27. The summed E-state index contributed by atoms with van der Waals surface area (Å²) in [5.41, 5.74) is 0. The van der Waals surface area contributed by atoms with Gasteiger partial charge in [0.05, 0.1) is 6.10 Å². The van der Waals surface area contributed by atoms with Crippen LogP contribution in [-0.2, 0) is 0 Å². The molecular formula is C11H17N5O. The van der Waals surface area contributed by atoms with Crippen LogP contribution in [0.3, 0.4) is 0 Å². The Morgan fingerprint density at radius 1 is 1.12 bits per heavy atom. The van der Waals surface area contributed by atoms with Crippen molar-refractivity contribution in [3.05, 3.63) is 12.4 Å². The van der Waals surface area contributed by atoms with Crippen LogP contribution in [-0.4, -0.2) is 60.4 Å². The van der Waals surface area contributed by atoms with Gasteiger partial charge in [-0.25, -0.2) is 9.97 Å². The molecule has 2 N–H and O–H groups in total. The van der Waals surface area contributed by atoms with E-state index in [1.54, 1.807) is 6.33 Å². The number of rotatable bonds is 2. The van der Waals surface area contributed by atoms with E-state index in [0.29, 0.717) is 13.1 Å². The molecule has 3 heterocycles. The fourth-order valence-corrected chi connectivity index (χ4v) is 2.22. The molecular weight excluding hydrogens is 218 g/mol. The van der Waals surface area contributed by atoms with Crippen LogP contribution in [0.4, 0.5) is 11.6 Å². The van der Waals surface area contributed by atoms with Gasteiger partial charge in [0.2, 0.25) is 0 Å². The van der Waals surface area contributed by atoms with E-state index in [1.807, 2.05) is 6.07 Å². The Morgan fingerprint density at radius 2 is 1.76 bits per heavy atom. The number of β-amino-alcohol motifs (C(OH)–C–C–N with tert-alkyl or cyclic N) is 1. The molecule has 2 saturated heterocycles. The first-order chi connectivity index (χ1) is 8.33. The zero-order chi connectivity index (χ0) is 11.7. The Morgan fingerprint density at radius 3 is 2.41 bits per heavy atom. The Hall–Kier alpha value is -1.40. The Kier molecular flexibility index (Phi) is 2.82. The zero-order valence-corrected chi connectivity index (χ0v) is 9.71. The first kappa shape index (κ1) is 10.7. The van der Waals surface area contributed by atoms with Crippen LogP contribution in [0, 0.1) is 0 Å². The molecule has 1 aromatic heterocycles. The second-order valence-corrected chi connectivity index (χ2v) is 4.53. The van der Waals surface area contributed by atoms with E-state index < -0.39 is 0 Å². The molecule has 0 atom stereocenters. The minimum absolute atomic E-state index is 0.201. The summed E-state index contributed by atoms with van der Waals surface area (Å²) < 4.78 is 0. The van der Waals surface area contributed by atoms with Crippen molar-refractivity contribution in [1.82, 2.24) is 15.3 Å². The number of nitrogens with zero attached hydrogens (tertiary/aromatic N) is 4. The molecule has 0 saturated carbocycles. The maximum atomic E-state index is 9.29. The van der Waals surface area contributed by atoms with Gasteiger partial charge in [-0.05, 0) is 0 Å². The molecule has 0 aliphatic carbocycles. The highest BCUT2D eigenvalue weighted by atomic mass is 16.3. The summed E-state index contributed by atoms with van der Waals surface area (Å²) in [4.78, 5) is 12.9. The smallest absolute Gasteiger partial charge is 0.134 e. The highest BCUT2D eigenvalue weighted by molar-refractivity contribution is 5.52. The van der Waals surface area contributed by atoms with Crippen LogP contribution in [0.2, 0.25) is 0 Å². The monoisotopic (exact) mass is 235 g/mol. The van der Waals surface area contributed by atoms with Crippen molar-refractivity contribution in [3.8, 4) is 0 Å². The third kappa shape index (κ3) is 2.18. The second-order valence-electron chi connectivity index (χ2n) is 4.53. The van der Waals surface area contributed by atoms with Gasteiger partial charge in [-0.2, -0.15) is 0 Å². The molecule has 0 unspecified atom stereocenters. The molecule has 1 aromatic rings. The van der Waals surface area contributed by atoms with Crippen LogP contribution in [0.15, 0.2) is 12.4 Å². The summed E-state index contributed by atoms with van der Waals surface area (Å²) in [6.07, 6.45) is 1.41. The molecule has 2 aliphatic heterocycles. The maximum absolute atomic E-state index is 9.29. The molecule has 0 amide bonds. The summed E-state index contributed by atoms with van der Waals surface area (Å²) in [7, 11) is 0. The van der Waals surface area contributed by atoms with Crippen LogP contribution in [0.25, 0.3) is 0 Å². The zero-order valence-electron chi connectivity index (χ0n) is 9.71. The average molecular weight is 235 g/mol. The van der Waals surface area contributed by atoms with E-state index in [4.69, 9.17) is 0 Å². The number of anilines is 2. The van der Waals surface area contributed by atoms with Gasteiger partial charge in [-0.15, -0.1) is 0 Å². The van der Waals surface area contributed by atoms with Crippen molar-refractivity contribution in [3.63, 3.8) is 0 Å². The van der Waals surface area contributed by atoms with Crippen LogP contribution >= 0.6 is 0 Å². The number of aliphatic hydroxyl groups excluding tert-OH is 1. The molecule has 2 fully saturated rings. The van der Waals surface area contributed by atoms with Gasteiger partial charge >= 0.3 is 0 Å². The van der Waals surface area contributed by atoms with Crippen LogP contribution in [0.5, 0.6) is 0 Å². The van der Waals surface area contributed by atoms with E-state index in [9.17, 15) is 5.11 Å². The summed E-state index contributed by atoms with van der Waals surface area (Å²) in [6, 6.07) is 2.01. The molecule has 2 aliphatic rings. The Balaban J connectivity index is 1.74. The van der Waals surface area contributed by atoms with Crippen molar-refractivity contribution in [1.29, 1.82) is 0 Å². The lowest BCUT2D eigenvalue weighted by Gasteiger charge is -2.37. The normalized spacial score (nSPS) is 21.5. The minimum atomic E-state index is -0.201. The molecule has 6 nitrogen and oxygen atoms in total. The molecule has 0 radical (unpaired) electrons. The van der Waals surface area contributed by atoms with Gasteiger partial charge in [0, 0.05) is 45.3 Å². The molecule has 17 heavy (non-hydrogen) atoms. The summed E-state index contributed by atoms with van der Waals surface area (Å²) in [5, 5.41) is 12.6. The van der Waals surface area contributed by atoms with Crippen molar-refractivity contribution < 1.29 is 5.11 Å². The van der Waals surface area contributed by atoms with Crippen LogP contribution in [0.1, 0.15) is 0 Å². The highest BCUT2D eigenvalue weighted by Crippen LogP contribution is 2.21. The average Bonchev–Trinajstić information content (AvgIpc) is 2.36. The number of piperazine rings is 1. The van der Waals surface area contributed by atoms with Gasteiger partial charge in [-0.3, -0.25) is 0 Å². The summed E-state index contributed by atoms with van der Waals surface area (Å²) in [5.74, 6) is 1.90. The maximum Gasteiger partial charge on any atom is 0.134 e. The number of hydrogen-bond acceptors (Lipinski definition) is 6. The third-order valence-electron chi connectivity index (χ3n) is 3.27. The predicted octanol–water partition coefficient (Wildman–Crippen LogP) is -0.933. The molecule has 3 rings (SSSR count). The predicted molar refractivity (Wildman–Crippen MR) is 65.3 cm³/mol. The Labute approximate surface area is 100 Å². The van der Waals surface area contributed by atoms with Gasteiger partial charge in [0.15, 0.2) is 0 Å². The largest absolute Gasteiger partial charge is 0.389 e. The van der Waals surface area contributed by atoms with Crippen molar-refractivity contribution in [2.45, 2.75) is 6.10 Å². The van der Waals surface area contributed by atoms with E-state index in [1.165, 1.54) is 0 Å². The first-order valence-electron chi connectivity index (χ1n) is 6.03. The lowest BCUT2D eigenvalue weighted by atomic mass is 10.2. The van der Waals surface area contributed by atoms with E-state index in [-0.39, 0.29) is 6.10 Å². The fourth-order valence-electron chi connectivity index (χ4n) is 2.22. The molecule has 0 bridgehead atoms. The number of hydrogen-bond donors (Lipinski definition) is 2. The van der Waals surface area contributed by atoms with Crippen molar-refractivity contribution >= 4 is 11.6 Å². The van der Waals surface area contributed by atoms with Crippen molar-refractivity contribution in [2.75, 3.05) is 49.1 Å². The first-order valence-corrected chi connectivity index (χ1v) is 6.03. The highest BCUT2D eigenvalue weighted by Gasteiger charge is 2.26. The molecule has 92 valence electrons. The fraction of sp³-hybridized carbons (Fsp3) is 0.636. The summed E-state index contributed by atoms with van der Waals surface area (Å²) in [6.45, 7) is 5.33. The standard InChI is InChI=1S/C11H17N5O/c17-9-6-16(7-9)11-5-10(13-8-14-11)15-3-1-12-2-4-15/h5,8-9,12,17H,1-4,6-7H2. The summed E-state index contributed by atoms with van der Waals surface area (Å²) >= 11 is 0. The molecule has 6 heteroatoms.